The van der Waals surface area contributed by atoms with E-state index in [1.807, 2.05) is 0 Å². The number of epoxide rings is 1. The van der Waals surface area contributed by atoms with Crippen molar-refractivity contribution in [2.24, 2.45) is 0 Å². The fourth-order valence-corrected chi connectivity index (χ4v) is 4.68. The number of amides is 1. The zero-order chi connectivity index (χ0) is 30.6. The van der Waals surface area contributed by atoms with Gasteiger partial charge in [-0.25, -0.2) is 22.8 Å². The van der Waals surface area contributed by atoms with Crippen LogP contribution in [0.25, 0.3) is 0 Å². The van der Waals surface area contributed by atoms with E-state index >= 15 is 0 Å². The van der Waals surface area contributed by atoms with E-state index in [9.17, 15) is 27.6 Å². The van der Waals surface area contributed by atoms with Crippen molar-refractivity contribution in [1.29, 1.82) is 0 Å². The van der Waals surface area contributed by atoms with Crippen LogP contribution in [0.3, 0.4) is 0 Å². The lowest BCUT2D eigenvalue weighted by Crippen LogP contribution is -2.31. The molecule has 10 nitrogen and oxygen atoms in total. The van der Waals surface area contributed by atoms with Crippen LogP contribution in [-0.2, 0) is 43.2 Å². The minimum Gasteiger partial charge on any atom is -0.462 e. The van der Waals surface area contributed by atoms with E-state index < -0.39 is 39.5 Å². The number of ether oxygens (including phenoxy) is 3. The maximum atomic E-state index is 13.0. The molecule has 1 aromatic carbocycles. The highest BCUT2D eigenvalue weighted by atomic mass is 32.2. The lowest BCUT2D eigenvalue weighted by atomic mass is 10.1. The second-order valence-electron chi connectivity index (χ2n) is 9.55. The molecule has 0 saturated carbocycles. The first kappa shape index (κ1) is 33.4. The molecule has 1 heterocycles. The number of hydrogen-bond donors (Lipinski definition) is 0. The monoisotopic (exact) mass is 587 g/mol. The van der Waals surface area contributed by atoms with Crippen LogP contribution in [0.1, 0.15) is 51.0 Å². The molecule has 11 heteroatoms. The van der Waals surface area contributed by atoms with Crippen molar-refractivity contribution >= 4 is 33.7 Å². The van der Waals surface area contributed by atoms with Crippen molar-refractivity contribution in [2.75, 3.05) is 19.1 Å². The van der Waals surface area contributed by atoms with Crippen LogP contribution in [0.5, 0.6) is 0 Å². The van der Waals surface area contributed by atoms with E-state index in [0.717, 1.165) is 22.7 Å². The van der Waals surface area contributed by atoms with Crippen molar-refractivity contribution in [3.63, 3.8) is 0 Å². The quantitative estimate of drug-likeness (QED) is 0.0867. The first-order valence-electron chi connectivity index (χ1n) is 13.2. The molecule has 1 aromatic rings. The largest absolute Gasteiger partial charge is 0.462 e. The van der Waals surface area contributed by atoms with Crippen LogP contribution in [-0.4, -0.2) is 62.3 Å². The average Bonchev–Trinajstić information content (AvgIpc) is 3.78. The lowest BCUT2D eigenvalue weighted by molar-refractivity contribution is -0.154. The van der Waals surface area contributed by atoms with E-state index in [4.69, 9.17) is 14.2 Å². The number of nitrogens with zero attached hydrogens (tertiary/aromatic N) is 1. The van der Waals surface area contributed by atoms with Gasteiger partial charge in [-0.1, -0.05) is 44.4 Å². The number of rotatable bonds is 17. The molecule has 0 aliphatic carbocycles. The maximum absolute atomic E-state index is 13.0. The molecule has 0 spiro atoms. The van der Waals surface area contributed by atoms with Gasteiger partial charge in [-0.05, 0) is 63.7 Å². The van der Waals surface area contributed by atoms with Crippen molar-refractivity contribution in [3.8, 4) is 0 Å². The smallest absolute Gasteiger partial charge is 0.343 e. The fraction of sp³-hybridized carbons (Fsp3) is 0.400. The Morgan fingerprint density at radius 3 is 2.27 bits per heavy atom. The Bertz CT molecular complexity index is 1310. The molecule has 1 saturated heterocycles. The number of carbonyl (C=O) groups is 4. The Kier molecular flexibility index (Phi) is 12.9. The molecule has 1 amide bonds. The van der Waals surface area contributed by atoms with Gasteiger partial charge in [-0.3, -0.25) is 9.69 Å². The van der Waals surface area contributed by atoms with Crippen LogP contribution in [0.15, 0.2) is 77.9 Å². The van der Waals surface area contributed by atoms with Gasteiger partial charge >= 0.3 is 17.9 Å². The van der Waals surface area contributed by atoms with E-state index in [0.29, 0.717) is 37.9 Å². The van der Waals surface area contributed by atoms with Crippen LogP contribution in [0, 0.1) is 6.92 Å². The highest BCUT2D eigenvalue weighted by Crippen LogP contribution is 2.20. The SMILES string of the molecule is C=CC(=O)N(C=C(CCCCOC(=O)C(=C)CCC1CO1)C(=O)OC(=O)C(=C)CC)CS(=O)(=O)c1ccc(C)cc1. The number of esters is 3. The normalized spacial score (nSPS) is 14.5. The van der Waals surface area contributed by atoms with Crippen molar-refractivity contribution in [1.82, 2.24) is 4.90 Å². The van der Waals surface area contributed by atoms with Crippen molar-refractivity contribution in [3.05, 3.63) is 78.6 Å². The Balaban J connectivity index is 2.15. The van der Waals surface area contributed by atoms with Gasteiger partial charge in [0, 0.05) is 17.3 Å². The zero-order valence-corrected chi connectivity index (χ0v) is 24.4. The summed E-state index contributed by atoms with van der Waals surface area (Å²) in [7, 11) is -3.99. The Hall–Kier alpha value is -3.83. The van der Waals surface area contributed by atoms with Gasteiger partial charge in [0.1, 0.15) is 5.88 Å². The summed E-state index contributed by atoms with van der Waals surface area (Å²) in [6.07, 6.45) is 4.18. The standard InChI is InChI=1S/C30H37NO9S/c1-6-22(4)29(34)40-30(35)24(10-8-9-17-38-28(33)23(5)13-14-25-19-39-25)18-31(27(32)7-2)20-41(36,37)26-15-11-21(3)12-16-26/h7,11-12,15-16,18,25H,2,4-6,8-10,13-14,17,19-20H2,1,3H3. The van der Waals surface area contributed by atoms with E-state index in [1.54, 1.807) is 26.0 Å². The third-order valence-corrected chi connectivity index (χ3v) is 7.76. The molecule has 1 atom stereocenters. The second kappa shape index (κ2) is 15.8. The van der Waals surface area contributed by atoms with Crippen LogP contribution in [0.4, 0.5) is 0 Å². The Morgan fingerprint density at radius 2 is 1.68 bits per heavy atom. The van der Waals surface area contributed by atoms with Gasteiger partial charge in [0.2, 0.25) is 0 Å². The lowest BCUT2D eigenvalue weighted by Gasteiger charge is -2.19. The molecule has 1 aliphatic heterocycles. The third kappa shape index (κ3) is 11.3. The molecule has 1 unspecified atom stereocenters. The average molecular weight is 588 g/mol. The van der Waals surface area contributed by atoms with Gasteiger partial charge in [-0.2, -0.15) is 0 Å². The zero-order valence-electron chi connectivity index (χ0n) is 23.6. The topological polar surface area (TPSA) is 137 Å². The first-order chi connectivity index (χ1) is 19.4. The highest BCUT2D eigenvalue weighted by molar-refractivity contribution is 7.91. The molecule has 41 heavy (non-hydrogen) atoms. The van der Waals surface area contributed by atoms with Crippen LogP contribution >= 0.6 is 0 Å². The van der Waals surface area contributed by atoms with Crippen LogP contribution in [0.2, 0.25) is 0 Å². The minimum atomic E-state index is -3.99. The Morgan fingerprint density at radius 1 is 1.02 bits per heavy atom. The molecule has 0 N–H and O–H groups in total. The van der Waals surface area contributed by atoms with Crippen molar-refractivity contribution in [2.45, 2.75) is 63.4 Å². The fourth-order valence-electron chi connectivity index (χ4n) is 3.42. The number of carbonyl (C=O) groups excluding carboxylic acids is 4. The molecule has 222 valence electrons. The molecule has 1 fully saturated rings. The summed E-state index contributed by atoms with van der Waals surface area (Å²) in [6.45, 7) is 14.9. The number of hydrogen-bond acceptors (Lipinski definition) is 9. The molecule has 0 bridgehead atoms. The van der Waals surface area contributed by atoms with E-state index in [-0.39, 0.29) is 41.6 Å². The second-order valence-corrected chi connectivity index (χ2v) is 11.5. The number of sulfone groups is 1. The summed E-state index contributed by atoms with van der Waals surface area (Å²) >= 11 is 0. The molecular weight excluding hydrogens is 550 g/mol. The van der Waals surface area contributed by atoms with E-state index in [2.05, 4.69) is 19.7 Å². The molecule has 1 aliphatic rings. The maximum Gasteiger partial charge on any atom is 0.343 e. The predicted octanol–water partition coefficient (Wildman–Crippen LogP) is 4.11. The first-order valence-corrected chi connectivity index (χ1v) is 14.9. The van der Waals surface area contributed by atoms with Crippen molar-refractivity contribution < 1.29 is 41.8 Å². The van der Waals surface area contributed by atoms with Gasteiger partial charge in [0.25, 0.3) is 5.91 Å². The van der Waals surface area contributed by atoms with Gasteiger partial charge in [0.05, 0.1) is 29.8 Å². The third-order valence-electron chi connectivity index (χ3n) is 6.15. The van der Waals surface area contributed by atoms with Gasteiger partial charge in [-0.15, -0.1) is 0 Å². The molecule has 0 radical (unpaired) electrons. The minimum absolute atomic E-state index is 0.00622. The molecule has 0 aromatic heterocycles. The highest BCUT2D eigenvalue weighted by Gasteiger charge is 2.25. The van der Waals surface area contributed by atoms with Gasteiger partial charge in [0.15, 0.2) is 9.84 Å². The number of benzene rings is 1. The summed E-state index contributed by atoms with van der Waals surface area (Å²) in [6, 6.07) is 6.10. The Labute approximate surface area is 241 Å². The van der Waals surface area contributed by atoms with Crippen LogP contribution < -0.4 is 0 Å². The summed E-state index contributed by atoms with van der Waals surface area (Å²) in [5.74, 6) is -4.06. The summed E-state index contributed by atoms with van der Waals surface area (Å²) in [4.78, 5) is 50.6. The summed E-state index contributed by atoms with van der Waals surface area (Å²) in [5.41, 5.74) is 1.14. The van der Waals surface area contributed by atoms with E-state index in [1.165, 1.54) is 12.1 Å². The number of aryl methyl sites for hydroxylation is 1. The summed E-state index contributed by atoms with van der Waals surface area (Å²) < 4.78 is 41.3. The predicted molar refractivity (Wildman–Crippen MR) is 152 cm³/mol. The molecular formula is C30H37NO9S. The summed E-state index contributed by atoms with van der Waals surface area (Å²) in [5, 5.41) is 0. The molecule has 2 rings (SSSR count). The van der Waals surface area contributed by atoms with Gasteiger partial charge < -0.3 is 14.2 Å². The number of unbranched alkanes of at least 4 members (excludes halogenated alkanes) is 1.